The van der Waals surface area contributed by atoms with Crippen molar-refractivity contribution in [2.45, 2.75) is 18.9 Å². The average molecular weight is 168 g/mol. The summed E-state index contributed by atoms with van der Waals surface area (Å²) in [5, 5.41) is 10.4. The topological polar surface area (TPSA) is 57.1 Å². The van der Waals surface area contributed by atoms with Gasteiger partial charge in [-0.1, -0.05) is 5.11 Å². The summed E-state index contributed by atoms with van der Waals surface area (Å²) in [6, 6.07) is 0.190. The Hall–Kier alpha value is -0.970. The fourth-order valence-corrected chi connectivity index (χ4v) is 1.67. The molecule has 1 fully saturated rings. The molecule has 1 saturated heterocycles. The summed E-state index contributed by atoms with van der Waals surface area (Å²) in [7, 11) is 0. The van der Waals surface area contributed by atoms with E-state index in [9.17, 15) is 4.79 Å². The van der Waals surface area contributed by atoms with Crippen molar-refractivity contribution in [3.05, 3.63) is 0 Å². The first kappa shape index (κ1) is 7.67. The molecule has 0 spiro atoms. The highest BCUT2D eigenvalue weighted by Gasteiger charge is 2.27. The van der Waals surface area contributed by atoms with Crippen LogP contribution in [0.1, 0.15) is 12.8 Å². The Morgan fingerprint density at radius 3 is 2.75 bits per heavy atom. The smallest absolute Gasteiger partial charge is 0.317 e. The van der Waals surface area contributed by atoms with E-state index in [2.05, 4.69) is 15.5 Å². The van der Waals surface area contributed by atoms with Crippen LogP contribution in [0.5, 0.6) is 0 Å². The second-order valence-electron chi connectivity index (χ2n) is 3.12. The molecule has 1 N–H and O–H groups in total. The van der Waals surface area contributed by atoms with Crippen molar-refractivity contribution in [1.29, 1.82) is 0 Å². The molecule has 5 heteroatoms. The number of azo groups is 1. The van der Waals surface area contributed by atoms with Gasteiger partial charge >= 0.3 is 6.03 Å². The Labute approximate surface area is 70.8 Å². The fraction of sp³-hybridized carbons (Fsp3) is 0.857. The van der Waals surface area contributed by atoms with Gasteiger partial charge in [0, 0.05) is 6.04 Å². The number of nitrogens with one attached hydrogen (secondary N) is 1. The maximum absolute atomic E-state index is 11.1. The van der Waals surface area contributed by atoms with Gasteiger partial charge in [-0.3, -0.25) is 4.90 Å². The first-order valence-electron chi connectivity index (χ1n) is 4.27. The Bertz CT molecular complexity index is 209. The summed E-state index contributed by atoms with van der Waals surface area (Å²) < 4.78 is 0. The number of urea groups is 1. The highest BCUT2D eigenvalue weighted by molar-refractivity contribution is 5.76. The number of nitrogens with zero attached hydrogens (tertiary/aromatic N) is 3. The summed E-state index contributed by atoms with van der Waals surface area (Å²) in [5.41, 5.74) is 0. The minimum absolute atomic E-state index is 0.165. The third kappa shape index (κ3) is 1.32. The van der Waals surface area contributed by atoms with Crippen LogP contribution in [0.25, 0.3) is 0 Å². The van der Waals surface area contributed by atoms with E-state index in [4.69, 9.17) is 0 Å². The average Bonchev–Trinajstić information content (AvgIpc) is 2.53. The third-order valence-electron chi connectivity index (χ3n) is 2.37. The summed E-state index contributed by atoms with van der Waals surface area (Å²) in [5.74, 6) is 0. The molecule has 0 atom stereocenters. The van der Waals surface area contributed by atoms with Crippen LogP contribution in [-0.2, 0) is 0 Å². The molecule has 0 aliphatic carbocycles. The maximum atomic E-state index is 11.1. The number of amides is 2. The van der Waals surface area contributed by atoms with Gasteiger partial charge in [0.2, 0.25) is 0 Å². The largest absolute Gasteiger partial charge is 0.363 e. The standard InChI is InChI=1S/C7H12N4O/c12-7-10-9-5-11(7)6-1-3-8-4-2-6/h6,8H,1-5H2. The van der Waals surface area contributed by atoms with Crippen LogP contribution in [0, 0.1) is 0 Å². The lowest BCUT2D eigenvalue weighted by atomic mass is 10.1. The van der Waals surface area contributed by atoms with E-state index >= 15 is 0 Å². The van der Waals surface area contributed by atoms with Crippen LogP contribution in [0.3, 0.4) is 0 Å². The fourth-order valence-electron chi connectivity index (χ4n) is 1.67. The van der Waals surface area contributed by atoms with Crippen LogP contribution < -0.4 is 5.32 Å². The Balaban J connectivity index is 1.95. The molecule has 2 amide bonds. The molecule has 12 heavy (non-hydrogen) atoms. The molecule has 2 aliphatic rings. The zero-order chi connectivity index (χ0) is 8.39. The van der Waals surface area contributed by atoms with Crippen molar-refractivity contribution in [1.82, 2.24) is 10.2 Å². The van der Waals surface area contributed by atoms with Crippen LogP contribution in [0.15, 0.2) is 10.2 Å². The van der Waals surface area contributed by atoms with Gasteiger partial charge in [0.25, 0.3) is 0 Å². The predicted octanol–water partition coefficient (Wildman–Crippen LogP) is 0.584. The van der Waals surface area contributed by atoms with Crippen LogP contribution in [0.4, 0.5) is 4.79 Å². The SMILES string of the molecule is O=C1N=NCN1C1CCNCC1. The van der Waals surface area contributed by atoms with E-state index in [0.717, 1.165) is 25.9 Å². The molecule has 2 rings (SSSR count). The molecule has 0 aromatic heterocycles. The highest BCUT2D eigenvalue weighted by Crippen LogP contribution is 2.16. The number of rotatable bonds is 1. The Morgan fingerprint density at radius 2 is 2.17 bits per heavy atom. The molecular weight excluding hydrogens is 156 g/mol. The molecule has 0 aromatic rings. The second-order valence-corrected chi connectivity index (χ2v) is 3.12. The lowest BCUT2D eigenvalue weighted by Crippen LogP contribution is -2.43. The highest BCUT2D eigenvalue weighted by atomic mass is 16.2. The zero-order valence-electron chi connectivity index (χ0n) is 6.86. The number of carbonyl (C=O) groups excluding carboxylic acids is 1. The normalized spacial score (nSPS) is 25.3. The van der Waals surface area contributed by atoms with Gasteiger partial charge in [-0.25, -0.2) is 4.79 Å². The van der Waals surface area contributed by atoms with Crippen LogP contribution in [-0.4, -0.2) is 36.7 Å². The van der Waals surface area contributed by atoms with Gasteiger partial charge in [0.05, 0.1) is 0 Å². The molecular formula is C7H12N4O. The van der Waals surface area contributed by atoms with Gasteiger partial charge in [-0.2, -0.15) is 5.11 Å². The molecule has 2 heterocycles. The summed E-state index contributed by atoms with van der Waals surface area (Å²) in [4.78, 5) is 12.9. The van der Waals surface area contributed by atoms with Crippen molar-refractivity contribution in [3.63, 3.8) is 0 Å². The Kier molecular flexibility index (Phi) is 2.03. The molecule has 2 aliphatic heterocycles. The first-order chi connectivity index (χ1) is 5.88. The number of hydrogen-bond donors (Lipinski definition) is 1. The van der Waals surface area contributed by atoms with E-state index in [-0.39, 0.29) is 6.03 Å². The maximum Gasteiger partial charge on any atom is 0.363 e. The molecule has 0 radical (unpaired) electrons. The first-order valence-corrected chi connectivity index (χ1v) is 4.27. The van der Waals surface area contributed by atoms with Crippen LogP contribution in [0.2, 0.25) is 0 Å². The second kappa shape index (κ2) is 3.18. The zero-order valence-corrected chi connectivity index (χ0v) is 6.86. The van der Waals surface area contributed by atoms with Crippen molar-refractivity contribution in [3.8, 4) is 0 Å². The third-order valence-corrected chi connectivity index (χ3v) is 2.37. The van der Waals surface area contributed by atoms with Crippen molar-refractivity contribution in [2.75, 3.05) is 19.8 Å². The summed E-state index contributed by atoms with van der Waals surface area (Å²) in [6.45, 7) is 2.45. The van der Waals surface area contributed by atoms with E-state index in [0.29, 0.717) is 12.7 Å². The molecule has 0 bridgehead atoms. The van der Waals surface area contributed by atoms with Gasteiger partial charge in [-0.15, -0.1) is 0 Å². The lowest BCUT2D eigenvalue weighted by molar-refractivity contribution is 0.181. The van der Waals surface area contributed by atoms with Crippen molar-refractivity contribution in [2.24, 2.45) is 10.2 Å². The van der Waals surface area contributed by atoms with E-state index in [1.54, 1.807) is 4.90 Å². The molecule has 0 aromatic carbocycles. The van der Waals surface area contributed by atoms with Crippen molar-refractivity contribution < 1.29 is 4.79 Å². The van der Waals surface area contributed by atoms with Gasteiger partial charge in [0.15, 0.2) is 0 Å². The molecule has 66 valence electrons. The minimum Gasteiger partial charge on any atom is -0.317 e. The lowest BCUT2D eigenvalue weighted by Gasteiger charge is -2.29. The van der Waals surface area contributed by atoms with Gasteiger partial charge in [-0.05, 0) is 25.9 Å². The predicted molar refractivity (Wildman–Crippen MR) is 42.8 cm³/mol. The quantitative estimate of drug-likeness (QED) is 0.622. The molecule has 0 saturated carbocycles. The monoisotopic (exact) mass is 168 g/mol. The molecule has 5 nitrogen and oxygen atoms in total. The van der Waals surface area contributed by atoms with Crippen molar-refractivity contribution >= 4 is 6.03 Å². The summed E-state index contributed by atoms with van der Waals surface area (Å²) >= 11 is 0. The number of hydrogen-bond acceptors (Lipinski definition) is 3. The van der Waals surface area contributed by atoms with Gasteiger partial charge in [0.1, 0.15) is 6.67 Å². The van der Waals surface area contributed by atoms with Crippen LogP contribution >= 0.6 is 0 Å². The number of carbonyl (C=O) groups is 1. The van der Waals surface area contributed by atoms with E-state index in [1.807, 2.05) is 0 Å². The van der Waals surface area contributed by atoms with E-state index in [1.165, 1.54) is 0 Å². The van der Waals surface area contributed by atoms with E-state index < -0.39 is 0 Å². The molecule has 0 unspecified atom stereocenters. The number of piperidine rings is 1. The Morgan fingerprint density at radius 1 is 1.42 bits per heavy atom. The van der Waals surface area contributed by atoms with Gasteiger partial charge < -0.3 is 5.32 Å². The minimum atomic E-state index is -0.165. The summed E-state index contributed by atoms with van der Waals surface area (Å²) in [6.07, 6.45) is 2.05.